The van der Waals surface area contributed by atoms with Gasteiger partial charge in [-0.1, -0.05) is 32.0 Å². The van der Waals surface area contributed by atoms with E-state index in [1.54, 1.807) is 7.11 Å². The van der Waals surface area contributed by atoms with Crippen LogP contribution < -0.4 is 10.1 Å². The molecule has 1 N–H and O–H groups in total. The summed E-state index contributed by atoms with van der Waals surface area (Å²) in [7, 11) is 1.66. The number of fused-ring (bicyclic) bond motifs is 1. The van der Waals surface area contributed by atoms with E-state index in [9.17, 15) is 4.79 Å². The number of aromatic nitrogens is 2. The van der Waals surface area contributed by atoms with Crippen molar-refractivity contribution in [2.75, 3.05) is 26.7 Å². The molecule has 178 valence electrons. The number of carbonyl (C=O) groups is 1. The molecule has 1 amide bonds. The van der Waals surface area contributed by atoms with Crippen molar-refractivity contribution in [2.45, 2.75) is 58.9 Å². The van der Waals surface area contributed by atoms with E-state index >= 15 is 0 Å². The van der Waals surface area contributed by atoms with Gasteiger partial charge in [-0.25, -0.2) is 4.98 Å². The molecule has 0 aliphatic rings. The smallest absolute Gasteiger partial charge is 0.221 e. The number of aryl methyl sites for hydroxylation is 1. The van der Waals surface area contributed by atoms with Gasteiger partial charge in [0.25, 0.3) is 0 Å². The third kappa shape index (κ3) is 6.35. The highest BCUT2D eigenvalue weighted by atomic mass is 16.5. The average molecular weight is 451 g/mol. The van der Waals surface area contributed by atoms with Gasteiger partial charge in [0.2, 0.25) is 5.91 Å². The number of nitrogens with zero attached hydrogens (tertiary/aromatic N) is 3. The molecule has 0 bridgehead atoms. The molecule has 6 nitrogen and oxygen atoms in total. The number of ether oxygens (including phenoxy) is 1. The first-order valence-corrected chi connectivity index (χ1v) is 12.0. The highest BCUT2D eigenvalue weighted by Gasteiger charge is 2.23. The molecular formula is C27H38N4O2. The van der Waals surface area contributed by atoms with Gasteiger partial charge in [-0.15, -0.1) is 0 Å². The van der Waals surface area contributed by atoms with Gasteiger partial charge in [0.05, 0.1) is 12.8 Å². The summed E-state index contributed by atoms with van der Waals surface area (Å²) in [6.45, 7) is 11.7. The van der Waals surface area contributed by atoms with Crippen molar-refractivity contribution in [1.82, 2.24) is 19.6 Å². The van der Waals surface area contributed by atoms with Gasteiger partial charge in [-0.2, -0.15) is 0 Å². The molecule has 0 spiro atoms. The molecule has 2 heterocycles. The van der Waals surface area contributed by atoms with Crippen LogP contribution in [-0.2, 0) is 4.79 Å². The highest BCUT2D eigenvalue weighted by Crippen LogP contribution is 2.31. The molecule has 3 aromatic rings. The normalized spacial score (nSPS) is 13.3. The van der Waals surface area contributed by atoms with Crippen LogP contribution >= 0.6 is 0 Å². The van der Waals surface area contributed by atoms with Crippen molar-refractivity contribution < 1.29 is 9.53 Å². The van der Waals surface area contributed by atoms with E-state index in [1.165, 1.54) is 0 Å². The first kappa shape index (κ1) is 24.8. The zero-order valence-electron chi connectivity index (χ0n) is 20.7. The fraction of sp³-hybridized carbons (Fsp3) is 0.481. The van der Waals surface area contributed by atoms with Crippen molar-refractivity contribution >= 4 is 11.6 Å². The summed E-state index contributed by atoms with van der Waals surface area (Å²) in [4.78, 5) is 20.2. The lowest BCUT2D eigenvalue weighted by Crippen LogP contribution is -2.34. The van der Waals surface area contributed by atoms with Crippen molar-refractivity contribution in [3.05, 3.63) is 65.6 Å². The van der Waals surface area contributed by atoms with Crippen LogP contribution in [0.4, 0.5) is 0 Å². The summed E-state index contributed by atoms with van der Waals surface area (Å²) in [6, 6.07) is 12.2. The first-order valence-electron chi connectivity index (χ1n) is 12.0. The lowest BCUT2D eigenvalue weighted by Gasteiger charge is -2.21. The molecule has 0 saturated heterocycles. The number of rotatable bonds is 12. The molecule has 0 aliphatic carbocycles. The number of imidazole rings is 1. The maximum Gasteiger partial charge on any atom is 0.221 e. The summed E-state index contributed by atoms with van der Waals surface area (Å²) in [5.41, 5.74) is 4.08. The number of amides is 1. The van der Waals surface area contributed by atoms with Gasteiger partial charge in [0, 0.05) is 30.8 Å². The molecule has 1 aromatic carbocycles. The number of carbonyl (C=O) groups excluding carboxylic acids is 1. The Labute approximate surface area is 198 Å². The molecule has 6 heteroatoms. The van der Waals surface area contributed by atoms with Gasteiger partial charge in [0.15, 0.2) is 0 Å². The first-order chi connectivity index (χ1) is 16.0. The number of pyridine rings is 1. The summed E-state index contributed by atoms with van der Waals surface area (Å²) in [5.74, 6) is 0.716. The third-order valence-electron chi connectivity index (χ3n) is 6.42. The molecule has 0 fully saturated rings. The van der Waals surface area contributed by atoms with Gasteiger partial charge in [0.1, 0.15) is 11.4 Å². The van der Waals surface area contributed by atoms with E-state index in [-0.39, 0.29) is 17.9 Å². The second-order valence-corrected chi connectivity index (χ2v) is 8.74. The maximum absolute atomic E-state index is 13.1. The van der Waals surface area contributed by atoms with E-state index in [0.29, 0.717) is 6.42 Å². The zero-order valence-corrected chi connectivity index (χ0v) is 20.7. The number of benzene rings is 1. The predicted molar refractivity (Wildman–Crippen MR) is 134 cm³/mol. The monoisotopic (exact) mass is 450 g/mol. The van der Waals surface area contributed by atoms with Crippen LogP contribution in [0.15, 0.2) is 48.8 Å². The third-order valence-corrected chi connectivity index (χ3v) is 6.42. The van der Waals surface area contributed by atoms with E-state index < -0.39 is 0 Å². The SMILES string of the molecule is CCN(CC)CCCC(C)NC(=O)CC(c1cccc(OC)c1)c1cnc2c(C)cccn12. The molecule has 2 unspecified atom stereocenters. The van der Waals surface area contributed by atoms with Gasteiger partial charge < -0.3 is 19.4 Å². The molecule has 2 aromatic heterocycles. The standard InChI is InChI=1S/C27H38N4O2/c1-6-30(7-2)15-10-12-21(4)29-26(32)18-24(22-13-8-14-23(17-22)33-5)25-19-28-27-20(3)11-9-16-31(25)27/h8-9,11,13-14,16-17,19,21,24H,6-7,10,12,15,18H2,1-5H3,(H,29,32). The van der Waals surface area contributed by atoms with Gasteiger partial charge in [-0.05, 0) is 75.6 Å². The van der Waals surface area contributed by atoms with Crippen molar-refractivity contribution in [1.29, 1.82) is 0 Å². The van der Waals surface area contributed by atoms with Crippen LogP contribution in [0.25, 0.3) is 5.65 Å². The number of methoxy groups -OCH3 is 1. The van der Waals surface area contributed by atoms with Crippen LogP contribution in [-0.4, -0.2) is 53.0 Å². The largest absolute Gasteiger partial charge is 0.497 e. The highest BCUT2D eigenvalue weighted by molar-refractivity contribution is 5.78. The Morgan fingerprint density at radius 1 is 1.21 bits per heavy atom. The Bertz CT molecular complexity index is 1040. The number of hydrogen-bond donors (Lipinski definition) is 1. The quantitative estimate of drug-likeness (QED) is 0.431. The Balaban J connectivity index is 1.77. The Hall–Kier alpha value is -2.86. The second kappa shape index (κ2) is 11.8. The molecule has 2 atom stereocenters. The second-order valence-electron chi connectivity index (χ2n) is 8.74. The Morgan fingerprint density at radius 2 is 2.00 bits per heavy atom. The van der Waals surface area contributed by atoms with Crippen molar-refractivity contribution in [3.63, 3.8) is 0 Å². The average Bonchev–Trinajstić information content (AvgIpc) is 3.25. The minimum Gasteiger partial charge on any atom is -0.497 e. The fourth-order valence-corrected chi connectivity index (χ4v) is 4.43. The van der Waals surface area contributed by atoms with Crippen LogP contribution in [0.3, 0.4) is 0 Å². The lowest BCUT2D eigenvalue weighted by molar-refractivity contribution is -0.122. The molecular weight excluding hydrogens is 412 g/mol. The Morgan fingerprint density at radius 3 is 2.73 bits per heavy atom. The predicted octanol–water partition coefficient (Wildman–Crippen LogP) is 4.80. The summed E-state index contributed by atoms with van der Waals surface area (Å²) < 4.78 is 7.55. The van der Waals surface area contributed by atoms with Crippen molar-refractivity contribution in [3.8, 4) is 5.75 Å². The molecule has 33 heavy (non-hydrogen) atoms. The zero-order chi connectivity index (χ0) is 23.8. The number of nitrogens with one attached hydrogen (secondary N) is 1. The van der Waals surface area contributed by atoms with Gasteiger partial charge in [-0.3, -0.25) is 4.79 Å². The molecule has 3 rings (SSSR count). The van der Waals surface area contributed by atoms with E-state index in [1.807, 2.05) is 36.7 Å². The molecule has 0 aliphatic heterocycles. The summed E-state index contributed by atoms with van der Waals surface area (Å²) >= 11 is 0. The van der Waals surface area contributed by atoms with E-state index in [0.717, 1.165) is 60.7 Å². The Kier molecular flexibility index (Phi) is 8.89. The maximum atomic E-state index is 13.1. The van der Waals surface area contributed by atoms with Crippen molar-refractivity contribution in [2.24, 2.45) is 0 Å². The van der Waals surface area contributed by atoms with E-state index in [2.05, 4.69) is 59.4 Å². The molecule has 0 radical (unpaired) electrons. The topological polar surface area (TPSA) is 58.9 Å². The fourth-order valence-electron chi connectivity index (χ4n) is 4.43. The van der Waals surface area contributed by atoms with Crippen LogP contribution in [0.1, 0.15) is 62.8 Å². The van der Waals surface area contributed by atoms with E-state index in [4.69, 9.17) is 4.74 Å². The molecule has 0 saturated carbocycles. The summed E-state index contributed by atoms with van der Waals surface area (Å²) in [6.07, 6.45) is 6.32. The summed E-state index contributed by atoms with van der Waals surface area (Å²) in [5, 5.41) is 3.22. The van der Waals surface area contributed by atoms with Crippen LogP contribution in [0.2, 0.25) is 0 Å². The minimum absolute atomic E-state index is 0.0563. The minimum atomic E-state index is -0.125. The van der Waals surface area contributed by atoms with Gasteiger partial charge >= 0.3 is 0 Å². The van der Waals surface area contributed by atoms with Crippen LogP contribution in [0.5, 0.6) is 5.75 Å². The van der Waals surface area contributed by atoms with Crippen LogP contribution in [0, 0.1) is 6.92 Å². The lowest BCUT2D eigenvalue weighted by atomic mass is 9.92. The number of hydrogen-bond acceptors (Lipinski definition) is 4.